The van der Waals surface area contributed by atoms with Gasteiger partial charge in [0.1, 0.15) is 23.8 Å². The average molecular weight is 519 g/mol. The third-order valence-electron chi connectivity index (χ3n) is 5.58. The van der Waals surface area contributed by atoms with E-state index in [1.165, 1.54) is 18.5 Å². The molecule has 37 heavy (non-hydrogen) atoms. The van der Waals surface area contributed by atoms with E-state index in [4.69, 9.17) is 21.1 Å². The second kappa shape index (κ2) is 8.86. The van der Waals surface area contributed by atoms with Gasteiger partial charge in [0, 0.05) is 17.3 Å². The second-order valence-corrected chi connectivity index (χ2v) is 9.34. The molecule has 2 aromatic carbocycles. The molecule has 0 atom stereocenters. The van der Waals surface area contributed by atoms with Gasteiger partial charge in [-0.3, -0.25) is 0 Å². The van der Waals surface area contributed by atoms with E-state index in [1.54, 1.807) is 16.8 Å². The van der Waals surface area contributed by atoms with Crippen LogP contribution in [0.5, 0.6) is 11.8 Å². The van der Waals surface area contributed by atoms with Gasteiger partial charge in [-0.2, -0.15) is 4.98 Å². The Hall–Kier alpha value is -4.51. The normalized spacial score (nSPS) is 14.4. The molecule has 0 amide bonds. The third kappa shape index (κ3) is 4.56. The number of nitrogens with one attached hydrogen (secondary N) is 2. The van der Waals surface area contributed by atoms with Crippen LogP contribution < -0.4 is 15.4 Å². The predicted molar refractivity (Wildman–Crippen MR) is 138 cm³/mol. The molecule has 6 rings (SSSR count). The van der Waals surface area contributed by atoms with E-state index in [2.05, 4.69) is 35.7 Å². The highest BCUT2D eigenvalue weighted by molar-refractivity contribution is 6.32. The van der Waals surface area contributed by atoms with E-state index >= 15 is 4.39 Å². The molecule has 186 valence electrons. The lowest BCUT2D eigenvalue weighted by molar-refractivity contribution is 0.278. The zero-order valence-corrected chi connectivity index (χ0v) is 20.5. The van der Waals surface area contributed by atoms with Gasteiger partial charge in [0.05, 0.1) is 16.7 Å². The number of nitrogens with zero attached hydrogens (tertiary/aromatic N) is 6. The summed E-state index contributed by atoms with van der Waals surface area (Å²) < 4.78 is 28.1. The number of halogens is 2. The number of aromatic nitrogens is 5. The summed E-state index contributed by atoms with van der Waals surface area (Å²) >= 11 is 6.30. The Bertz CT molecular complexity index is 1650. The molecular weight excluding hydrogens is 499 g/mol. The van der Waals surface area contributed by atoms with Crippen molar-refractivity contribution < 1.29 is 13.9 Å². The van der Waals surface area contributed by atoms with Crippen LogP contribution in [0.4, 0.5) is 21.6 Å². The van der Waals surface area contributed by atoms with E-state index in [0.29, 0.717) is 35.0 Å². The summed E-state index contributed by atoms with van der Waals surface area (Å²) in [7, 11) is 0. The Balaban J connectivity index is 1.27. The van der Waals surface area contributed by atoms with Gasteiger partial charge in [0.2, 0.25) is 0 Å². The second-order valence-electron chi connectivity index (χ2n) is 8.96. The van der Waals surface area contributed by atoms with Gasteiger partial charge >= 0.3 is 6.01 Å². The number of rotatable bonds is 5. The van der Waals surface area contributed by atoms with E-state index in [9.17, 15) is 0 Å². The van der Waals surface area contributed by atoms with Gasteiger partial charge in [-0.15, -0.1) is 5.10 Å². The van der Waals surface area contributed by atoms with Gasteiger partial charge < -0.3 is 20.1 Å². The lowest BCUT2D eigenvalue weighted by Gasteiger charge is -2.13. The van der Waals surface area contributed by atoms with Crippen LogP contribution in [0.1, 0.15) is 13.8 Å². The first kappa shape index (κ1) is 22.9. The number of amidine groups is 1. The molecule has 10 nitrogen and oxygen atoms in total. The van der Waals surface area contributed by atoms with Crippen molar-refractivity contribution in [2.24, 2.45) is 4.99 Å². The Kier molecular flexibility index (Phi) is 5.49. The van der Waals surface area contributed by atoms with Crippen LogP contribution in [-0.4, -0.2) is 42.7 Å². The summed E-state index contributed by atoms with van der Waals surface area (Å²) in [5.74, 6) is -0.228. The fourth-order valence-electron chi connectivity index (χ4n) is 3.79. The largest absolute Gasteiger partial charge is 0.462 e. The van der Waals surface area contributed by atoms with Crippen LogP contribution in [0.2, 0.25) is 5.02 Å². The minimum atomic E-state index is -0.708. The van der Waals surface area contributed by atoms with Gasteiger partial charge in [-0.05, 0) is 56.3 Å². The van der Waals surface area contributed by atoms with Crippen molar-refractivity contribution in [2.75, 3.05) is 17.2 Å². The van der Waals surface area contributed by atoms with Crippen molar-refractivity contribution in [1.82, 2.24) is 24.6 Å². The summed E-state index contributed by atoms with van der Waals surface area (Å²) in [5.41, 5.74) is 1.81. The summed E-state index contributed by atoms with van der Waals surface area (Å²) in [6.45, 7) is 4.47. The standard InChI is InChI=1S/C25H20ClFN8O2/c1-25(2)12-36-23(33-25)30-14-6-7-16-15(11-14)22(29-13-28-16)31-17-8-9-18(20(26)21(17)27)37-24-32-19-5-3-4-10-35(19)34-24/h3-11,13H,12H2,1-2H3,(H,30,33)(H,28,29,31). The van der Waals surface area contributed by atoms with Crippen LogP contribution in [0, 0.1) is 5.82 Å². The average Bonchev–Trinajstić information content (AvgIpc) is 3.45. The summed E-state index contributed by atoms with van der Waals surface area (Å²) in [6.07, 6.45) is 3.13. The molecule has 3 aromatic heterocycles. The molecule has 0 saturated carbocycles. The van der Waals surface area contributed by atoms with Crippen molar-refractivity contribution in [1.29, 1.82) is 0 Å². The molecule has 1 aliphatic rings. The van der Waals surface area contributed by atoms with Crippen LogP contribution in [0.25, 0.3) is 16.6 Å². The lowest BCUT2D eigenvalue weighted by atomic mass is 10.1. The van der Waals surface area contributed by atoms with Gasteiger partial charge in [-0.1, -0.05) is 17.7 Å². The molecule has 0 fully saturated rings. The van der Waals surface area contributed by atoms with E-state index in [1.807, 2.05) is 44.2 Å². The molecule has 0 unspecified atom stereocenters. The Morgan fingerprint density at radius 3 is 2.81 bits per heavy atom. The molecule has 0 saturated heterocycles. The van der Waals surface area contributed by atoms with E-state index < -0.39 is 5.82 Å². The monoisotopic (exact) mass is 518 g/mol. The minimum Gasteiger partial charge on any atom is -0.462 e. The predicted octanol–water partition coefficient (Wildman–Crippen LogP) is 5.58. The molecule has 1 aliphatic heterocycles. The Morgan fingerprint density at radius 1 is 1.11 bits per heavy atom. The van der Waals surface area contributed by atoms with Crippen molar-refractivity contribution in [3.8, 4) is 11.8 Å². The van der Waals surface area contributed by atoms with Crippen molar-refractivity contribution in [3.63, 3.8) is 0 Å². The summed E-state index contributed by atoms with van der Waals surface area (Å²) in [5, 5.41) is 10.8. The molecular formula is C25H20ClFN8O2. The number of pyridine rings is 1. The van der Waals surface area contributed by atoms with Gasteiger partial charge in [-0.25, -0.2) is 23.9 Å². The van der Waals surface area contributed by atoms with Gasteiger partial charge in [0.25, 0.3) is 6.02 Å². The first-order chi connectivity index (χ1) is 17.8. The van der Waals surface area contributed by atoms with Crippen LogP contribution in [0.15, 0.2) is 66.0 Å². The Labute approximate surface area is 215 Å². The molecule has 0 radical (unpaired) electrons. The summed E-state index contributed by atoms with van der Waals surface area (Å²) in [6, 6.07) is 14.5. The minimum absolute atomic E-state index is 0.0502. The highest BCUT2D eigenvalue weighted by atomic mass is 35.5. The number of benzene rings is 2. The highest BCUT2D eigenvalue weighted by Gasteiger charge is 2.26. The number of anilines is 3. The number of fused-ring (bicyclic) bond motifs is 2. The third-order valence-corrected chi connectivity index (χ3v) is 5.93. The van der Waals surface area contributed by atoms with E-state index in [0.717, 1.165) is 5.69 Å². The fourth-order valence-corrected chi connectivity index (χ4v) is 4.00. The maximum Gasteiger partial charge on any atom is 0.341 e. The molecule has 0 spiro atoms. The SMILES string of the molecule is CC1(C)COC(Nc2ccc3ncnc(Nc4ccc(Oc5nc6ccccn6n5)c(Cl)c4F)c3c2)=N1. The highest BCUT2D eigenvalue weighted by Crippen LogP contribution is 2.36. The summed E-state index contributed by atoms with van der Waals surface area (Å²) in [4.78, 5) is 17.4. The smallest absolute Gasteiger partial charge is 0.341 e. The Morgan fingerprint density at radius 2 is 2.00 bits per heavy atom. The van der Waals surface area contributed by atoms with Crippen LogP contribution >= 0.6 is 11.6 Å². The number of aliphatic imine (C=N–C) groups is 1. The maximum absolute atomic E-state index is 15.3. The number of hydrogen-bond acceptors (Lipinski definition) is 9. The van der Waals surface area contributed by atoms with Crippen molar-refractivity contribution in [2.45, 2.75) is 19.4 Å². The molecule has 4 heterocycles. The maximum atomic E-state index is 15.3. The first-order valence-corrected chi connectivity index (χ1v) is 11.7. The topological polar surface area (TPSA) is 111 Å². The zero-order valence-electron chi connectivity index (χ0n) is 19.7. The first-order valence-electron chi connectivity index (χ1n) is 11.3. The van der Waals surface area contributed by atoms with E-state index in [-0.39, 0.29) is 28.0 Å². The lowest BCUT2D eigenvalue weighted by Crippen LogP contribution is -2.17. The van der Waals surface area contributed by atoms with Crippen molar-refractivity contribution in [3.05, 3.63) is 71.9 Å². The number of hydrogen-bond donors (Lipinski definition) is 2. The van der Waals surface area contributed by atoms with Crippen LogP contribution in [0.3, 0.4) is 0 Å². The molecule has 0 bridgehead atoms. The number of ether oxygens (including phenoxy) is 2. The zero-order chi connectivity index (χ0) is 25.6. The molecule has 2 N–H and O–H groups in total. The quantitative estimate of drug-likeness (QED) is 0.310. The van der Waals surface area contributed by atoms with Crippen LogP contribution in [-0.2, 0) is 4.74 Å². The van der Waals surface area contributed by atoms with Gasteiger partial charge in [0.15, 0.2) is 17.2 Å². The molecule has 0 aliphatic carbocycles. The molecule has 5 aromatic rings. The molecule has 12 heteroatoms. The fraction of sp³-hybridized carbons (Fsp3) is 0.160. The van der Waals surface area contributed by atoms with Crippen molar-refractivity contribution >= 4 is 51.4 Å².